The average Bonchev–Trinajstić information content (AvgIpc) is 3.17. The lowest BCUT2D eigenvalue weighted by Crippen LogP contribution is -2.30. The molecule has 2 aromatic heterocycles. The van der Waals surface area contributed by atoms with Crippen LogP contribution in [-0.4, -0.2) is 48.5 Å². The van der Waals surface area contributed by atoms with Crippen LogP contribution in [0.3, 0.4) is 0 Å². The minimum atomic E-state index is -0.976. The Kier molecular flexibility index (Phi) is 6.94. The molecule has 1 atom stereocenters. The molecule has 0 aliphatic heterocycles. The van der Waals surface area contributed by atoms with Crippen LogP contribution in [-0.2, 0) is 4.89 Å². The number of aromatic nitrogens is 4. The molecule has 3 rings (SSSR count). The zero-order valence-electron chi connectivity index (χ0n) is 17.6. The van der Waals surface area contributed by atoms with Crippen molar-refractivity contribution in [1.82, 2.24) is 19.5 Å². The highest BCUT2D eigenvalue weighted by atomic mass is 35.5. The van der Waals surface area contributed by atoms with Crippen molar-refractivity contribution in [3.8, 4) is 0 Å². The van der Waals surface area contributed by atoms with Gasteiger partial charge in [-0.25, -0.2) is 9.78 Å². The third kappa shape index (κ3) is 4.87. The summed E-state index contributed by atoms with van der Waals surface area (Å²) in [6.07, 6.45) is 1.68. The maximum Gasteiger partial charge on any atom is 0.374 e. The molecule has 2 heterocycles. The highest BCUT2D eigenvalue weighted by Crippen LogP contribution is 2.28. The third-order valence-electron chi connectivity index (χ3n) is 4.83. The zero-order chi connectivity index (χ0) is 22.7. The summed E-state index contributed by atoms with van der Waals surface area (Å²) in [5.74, 6) is -0.0956. The Hall–Kier alpha value is -2.95. The topological polar surface area (TPSA) is 134 Å². The predicted octanol–water partition coefficient (Wildman–Crippen LogP) is 3.86. The molecule has 0 saturated heterocycles. The number of anilines is 3. The molecule has 0 unspecified atom stereocenters. The van der Waals surface area contributed by atoms with Crippen LogP contribution >= 0.6 is 11.6 Å². The number of hydrogen-bond acceptors (Lipinski definition) is 9. The minimum Gasteiger partial charge on any atom is -0.394 e. The largest absolute Gasteiger partial charge is 0.394 e. The normalized spacial score (nSPS) is 12.4. The molecule has 3 aromatic rings. The highest BCUT2D eigenvalue weighted by molar-refractivity contribution is 6.33. The summed E-state index contributed by atoms with van der Waals surface area (Å²) in [6, 6.07) is 4.47. The Bertz CT molecular complexity index is 1080. The Morgan fingerprint density at radius 1 is 1.26 bits per heavy atom. The van der Waals surface area contributed by atoms with E-state index < -0.39 is 5.97 Å². The summed E-state index contributed by atoms with van der Waals surface area (Å²) in [5, 5.41) is 24.8. The molecule has 0 saturated carbocycles. The van der Waals surface area contributed by atoms with E-state index in [0.717, 1.165) is 0 Å². The van der Waals surface area contributed by atoms with Crippen LogP contribution in [0.2, 0.25) is 5.02 Å². The van der Waals surface area contributed by atoms with Gasteiger partial charge in [-0.2, -0.15) is 15.2 Å². The summed E-state index contributed by atoms with van der Waals surface area (Å²) >= 11 is 6.02. The number of imidazole rings is 1. The van der Waals surface area contributed by atoms with Gasteiger partial charge in [0.2, 0.25) is 5.95 Å². The van der Waals surface area contributed by atoms with Crippen LogP contribution in [0.25, 0.3) is 11.2 Å². The number of carbonyl (C=O) groups is 1. The van der Waals surface area contributed by atoms with E-state index in [1.54, 1.807) is 12.4 Å². The first kappa shape index (κ1) is 22.7. The van der Waals surface area contributed by atoms with Crippen molar-refractivity contribution in [1.29, 1.82) is 0 Å². The molecule has 4 N–H and O–H groups in total. The molecule has 0 aliphatic rings. The molecule has 166 valence electrons. The first-order valence-corrected chi connectivity index (χ1v) is 10.2. The summed E-state index contributed by atoms with van der Waals surface area (Å²) in [5.41, 5.74) is 1.62. The number of hydrogen-bond donors (Lipinski definition) is 4. The molecule has 0 radical (unpaired) electrons. The molecule has 0 spiro atoms. The smallest absolute Gasteiger partial charge is 0.374 e. The molecule has 10 nitrogen and oxygen atoms in total. The lowest BCUT2D eigenvalue weighted by Gasteiger charge is -2.20. The van der Waals surface area contributed by atoms with Gasteiger partial charge in [0, 0.05) is 11.7 Å². The van der Waals surface area contributed by atoms with Crippen LogP contribution in [0.5, 0.6) is 0 Å². The summed E-state index contributed by atoms with van der Waals surface area (Å²) in [4.78, 5) is 29.1. The molecule has 11 heteroatoms. The summed E-state index contributed by atoms with van der Waals surface area (Å²) in [6.45, 7) is 7.92. The van der Waals surface area contributed by atoms with Crippen molar-refractivity contribution in [3.05, 3.63) is 35.1 Å². The monoisotopic (exact) mass is 448 g/mol. The number of benzene rings is 1. The predicted molar refractivity (Wildman–Crippen MR) is 118 cm³/mol. The maximum absolute atomic E-state index is 11.7. The first-order chi connectivity index (χ1) is 14.7. The molecule has 0 aliphatic carbocycles. The fourth-order valence-electron chi connectivity index (χ4n) is 2.98. The van der Waals surface area contributed by atoms with Crippen molar-refractivity contribution in [2.75, 3.05) is 17.2 Å². The molecule has 0 bridgehead atoms. The Morgan fingerprint density at radius 3 is 2.61 bits per heavy atom. The number of halogens is 1. The van der Waals surface area contributed by atoms with Gasteiger partial charge in [-0.15, -0.1) is 0 Å². The Balaban J connectivity index is 2.07. The van der Waals surface area contributed by atoms with Gasteiger partial charge in [-0.1, -0.05) is 25.4 Å². The van der Waals surface area contributed by atoms with Crippen LogP contribution in [0.4, 0.5) is 17.5 Å². The molecule has 1 aromatic carbocycles. The molecular weight excluding hydrogens is 424 g/mol. The SMILES string of the molecule is CC(C)[C@H](CO)Nc1nc(Nc2ccc(Cl)c(C(=O)OO)c2)c2ncn(C(C)C)c2n1. The second kappa shape index (κ2) is 9.46. The summed E-state index contributed by atoms with van der Waals surface area (Å²) < 4.78 is 1.91. The van der Waals surface area contributed by atoms with Gasteiger partial charge in [0.15, 0.2) is 17.0 Å². The number of nitrogens with one attached hydrogen (secondary N) is 2. The molecule has 0 fully saturated rings. The zero-order valence-corrected chi connectivity index (χ0v) is 18.4. The van der Waals surface area contributed by atoms with Crippen LogP contribution in [0, 0.1) is 5.92 Å². The van der Waals surface area contributed by atoms with Crippen LogP contribution in [0.1, 0.15) is 44.1 Å². The molecule has 0 amide bonds. The van der Waals surface area contributed by atoms with Crippen LogP contribution < -0.4 is 10.6 Å². The van der Waals surface area contributed by atoms with Gasteiger partial charge in [-0.05, 0) is 38.0 Å². The lowest BCUT2D eigenvalue weighted by atomic mass is 10.1. The lowest BCUT2D eigenvalue weighted by molar-refractivity contribution is -0.182. The van der Waals surface area contributed by atoms with E-state index in [2.05, 4.69) is 30.5 Å². The fourth-order valence-corrected chi connectivity index (χ4v) is 3.18. The van der Waals surface area contributed by atoms with E-state index in [4.69, 9.17) is 16.9 Å². The van der Waals surface area contributed by atoms with Crippen molar-refractivity contribution in [2.24, 2.45) is 5.92 Å². The summed E-state index contributed by atoms with van der Waals surface area (Å²) in [7, 11) is 0. The van der Waals surface area contributed by atoms with Crippen LogP contribution in [0.15, 0.2) is 24.5 Å². The van der Waals surface area contributed by atoms with Crippen molar-refractivity contribution >= 4 is 46.2 Å². The minimum absolute atomic E-state index is 0.00863. The first-order valence-electron chi connectivity index (χ1n) is 9.79. The van der Waals surface area contributed by atoms with Gasteiger partial charge < -0.3 is 20.3 Å². The number of fused-ring (bicyclic) bond motifs is 1. The van der Waals surface area contributed by atoms with Gasteiger partial charge >= 0.3 is 5.97 Å². The standard InChI is InChI=1S/C20H25ClN6O4/c1-10(2)15(8-28)24-20-25-17(16-18(26-20)27(9-22-16)11(3)4)23-12-5-6-14(21)13(7-12)19(29)31-30/h5-7,9-11,15,28,30H,8H2,1-4H3,(H2,23,24,25,26)/t15-/m0/s1. The fraction of sp³-hybridized carbons (Fsp3) is 0.400. The van der Waals surface area contributed by atoms with Gasteiger partial charge in [0.25, 0.3) is 0 Å². The average molecular weight is 449 g/mol. The number of aliphatic hydroxyl groups is 1. The van der Waals surface area contributed by atoms with Crippen molar-refractivity contribution < 1.29 is 20.0 Å². The number of aliphatic hydroxyl groups excluding tert-OH is 1. The second-order valence-corrected chi connectivity index (χ2v) is 8.10. The molecular formula is C20H25ClN6O4. The Labute approximate surface area is 184 Å². The van der Waals surface area contributed by atoms with E-state index in [1.165, 1.54) is 12.1 Å². The third-order valence-corrected chi connectivity index (χ3v) is 5.16. The number of carbonyl (C=O) groups excluding carboxylic acids is 1. The van der Waals surface area contributed by atoms with Gasteiger partial charge in [0.1, 0.15) is 0 Å². The van der Waals surface area contributed by atoms with E-state index in [-0.39, 0.29) is 35.2 Å². The van der Waals surface area contributed by atoms with Crippen molar-refractivity contribution in [3.63, 3.8) is 0 Å². The van der Waals surface area contributed by atoms with Crippen molar-refractivity contribution in [2.45, 2.75) is 39.8 Å². The maximum atomic E-state index is 11.7. The van der Waals surface area contributed by atoms with E-state index >= 15 is 0 Å². The van der Waals surface area contributed by atoms with Gasteiger partial charge in [-0.3, -0.25) is 4.89 Å². The quantitative estimate of drug-likeness (QED) is 0.299. The number of rotatable bonds is 8. The highest BCUT2D eigenvalue weighted by Gasteiger charge is 2.19. The second-order valence-electron chi connectivity index (χ2n) is 7.69. The van der Waals surface area contributed by atoms with Gasteiger partial charge in [0.05, 0.1) is 29.6 Å². The molecule has 31 heavy (non-hydrogen) atoms. The van der Waals surface area contributed by atoms with E-state index in [1.807, 2.05) is 32.3 Å². The van der Waals surface area contributed by atoms with E-state index in [9.17, 15) is 9.90 Å². The Morgan fingerprint density at radius 2 is 2.00 bits per heavy atom. The van der Waals surface area contributed by atoms with E-state index in [0.29, 0.717) is 28.6 Å². The number of nitrogens with zero attached hydrogens (tertiary/aromatic N) is 4.